The number of aromatic nitrogens is 1. The number of nitrogens with zero attached hydrogens (tertiary/aromatic N) is 1. The summed E-state index contributed by atoms with van der Waals surface area (Å²) in [5.74, 6) is 1.31. The van der Waals surface area contributed by atoms with Gasteiger partial charge in [0.15, 0.2) is 17.7 Å². The maximum atomic E-state index is 10.4. The van der Waals surface area contributed by atoms with Crippen LogP contribution >= 0.6 is 15.9 Å². The second-order valence-electron chi connectivity index (χ2n) is 2.99. The Bertz CT molecular complexity index is 304. The van der Waals surface area contributed by atoms with Crippen LogP contribution in [0, 0.1) is 0 Å². The van der Waals surface area contributed by atoms with Crippen LogP contribution in [0.4, 0.5) is 0 Å². The normalized spacial score (nSPS) is 17.4. The molecule has 0 saturated heterocycles. The summed E-state index contributed by atoms with van der Waals surface area (Å²) in [5.41, 5.74) is 0.372. The number of hydrogen-bond acceptors (Lipinski definition) is 3. The lowest BCUT2D eigenvalue weighted by atomic mass is 9.83. The van der Waals surface area contributed by atoms with Gasteiger partial charge in [0.25, 0.3) is 0 Å². The standard InChI is InChI=1S/C8H8BrNO2/c9-7-6(4-11)10-12-8(7)5-2-1-3-5/h4-5H,1-3H2. The summed E-state index contributed by atoms with van der Waals surface area (Å²) < 4.78 is 5.80. The monoisotopic (exact) mass is 229 g/mol. The fraction of sp³-hybridized carbons (Fsp3) is 0.500. The minimum absolute atomic E-state index is 0.372. The second kappa shape index (κ2) is 3.01. The van der Waals surface area contributed by atoms with Gasteiger partial charge in [0.2, 0.25) is 0 Å². The number of carbonyl (C=O) groups is 1. The Labute approximate surface area is 78.2 Å². The Morgan fingerprint density at radius 1 is 1.58 bits per heavy atom. The van der Waals surface area contributed by atoms with E-state index >= 15 is 0 Å². The average Bonchev–Trinajstić information content (AvgIpc) is 2.30. The van der Waals surface area contributed by atoms with E-state index in [0.717, 1.165) is 23.1 Å². The molecule has 1 saturated carbocycles. The van der Waals surface area contributed by atoms with E-state index in [0.29, 0.717) is 17.9 Å². The van der Waals surface area contributed by atoms with Crippen LogP contribution in [-0.4, -0.2) is 11.4 Å². The van der Waals surface area contributed by atoms with Gasteiger partial charge in [-0.1, -0.05) is 11.6 Å². The van der Waals surface area contributed by atoms with E-state index < -0.39 is 0 Å². The fourth-order valence-electron chi connectivity index (χ4n) is 1.30. The predicted octanol–water partition coefficient (Wildman–Crippen LogP) is 2.52. The van der Waals surface area contributed by atoms with Crippen molar-refractivity contribution in [1.82, 2.24) is 5.16 Å². The van der Waals surface area contributed by atoms with Crippen LogP contribution in [0.2, 0.25) is 0 Å². The van der Waals surface area contributed by atoms with Gasteiger partial charge in [-0.05, 0) is 28.8 Å². The highest BCUT2D eigenvalue weighted by molar-refractivity contribution is 9.10. The van der Waals surface area contributed by atoms with E-state index in [4.69, 9.17) is 4.52 Å². The molecule has 0 spiro atoms. The average molecular weight is 230 g/mol. The first-order valence-electron chi connectivity index (χ1n) is 3.93. The second-order valence-corrected chi connectivity index (χ2v) is 3.78. The summed E-state index contributed by atoms with van der Waals surface area (Å²) in [6.45, 7) is 0. The summed E-state index contributed by atoms with van der Waals surface area (Å²) in [6.07, 6.45) is 4.24. The molecule has 0 aliphatic heterocycles. The number of hydrogen-bond donors (Lipinski definition) is 0. The first-order valence-corrected chi connectivity index (χ1v) is 4.72. The van der Waals surface area contributed by atoms with Crippen LogP contribution in [-0.2, 0) is 0 Å². The van der Waals surface area contributed by atoms with Gasteiger partial charge in [0, 0.05) is 5.92 Å². The summed E-state index contributed by atoms with van der Waals surface area (Å²) in [6, 6.07) is 0. The van der Waals surface area contributed by atoms with Crippen molar-refractivity contribution in [2.24, 2.45) is 0 Å². The molecule has 64 valence electrons. The molecule has 1 aliphatic rings. The van der Waals surface area contributed by atoms with Crippen LogP contribution in [0.25, 0.3) is 0 Å². The van der Waals surface area contributed by atoms with E-state index in [9.17, 15) is 4.79 Å². The highest BCUT2D eigenvalue weighted by atomic mass is 79.9. The quantitative estimate of drug-likeness (QED) is 0.733. The summed E-state index contributed by atoms with van der Waals surface area (Å²) in [4.78, 5) is 10.4. The molecule has 0 amide bonds. The van der Waals surface area contributed by atoms with Crippen molar-refractivity contribution < 1.29 is 9.32 Å². The van der Waals surface area contributed by atoms with Gasteiger partial charge in [-0.15, -0.1) is 0 Å². The Hall–Kier alpha value is -0.640. The molecular formula is C8H8BrNO2. The lowest BCUT2D eigenvalue weighted by Crippen LogP contribution is -2.08. The SMILES string of the molecule is O=Cc1noc(C2CCC2)c1Br. The molecule has 1 aromatic rings. The zero-order valence-corrected chi connectivity index (χ0v) is 8.00. The maximum absolute atomic E-state index is 10.4. The molecule has 4 heteroatoms. The van der Waals surface area contributed by atoms with Crippen molar-refractivity contribution in [2.45, 2.75) is 25.2 Å². The van der Waals surface area contributed by atoms with Crippen LogP contribution in [0.5, 0.6) is 0 Å². The van der Waals surface area contributed by atoms with Gasteiger partial charge in [-0.3, -0.25) is 4.79 Å². The summed E-state index contributed by atoms with van der Waals surface area (Å²) in [7, 11) is 0. The number of halogens is 1. The molecule has 0 aromatic carbocycles. The largest absolute Gasteiger partial charge is 0.359 e. The Kier molecular flexibility index (Phi) is 2.00. The first kappa shape index (κ1) is 7.98. The predicted molar refractivity (Wildman–Crippen MR) is 46.2 cm³/mol. The molecule has 0 N–H and O–H groups in total. The van der Waals surface area contributed by atoms with E-state index in [2.05, 4.69) is 21.1 Å². The van der Waals surface area contributed by atoms with Crippen LogP contribution in [0.1, 0.15) is 41.4 Å². The van der Waals surface area contributed by atoms with E-state index in [1.54, 1.807) is 0 Å². The van der Waals surface area contributed by atoms with Gasteiger partial charge in [0.05, 0.1) is 4.47 Å². The van der Waals surface area contributed by atoms with Crippen molar-refractivity contribution >= 4 is 22.2 Å². The number of rotatable bonds is 2. The van der Waals surface area contributed by atoms with Gasteiger partial charge in [-0.2, -0.15) is 0 Å². The third-order valence-electron chi connectivity index (χ3n) is 2.27. The fourth-order valence-corrected chi connectivity index (χ4v) is 1.86. The molecule has 3 nitrogen and oxygen atoms in total. The van der Waals surface area contributed by atoms with Gasteiger partial charge >= 0.3 is 0 Å². The van der Waals surface area contributed by atoms with Crippen LogP contribution in [0.3, 0.4) is 0 Å². The zero-order chi connectivity index (χ0) is 8.55. The number of carbonyl (C=O) groups excluding carboxylic acids is 1. The molecule has 1 aliphatic carbocycles. The smallest absolute Gasteiger partial charge is 0.173 e. The molecule has 1 fully saturated rings. The van der Waals surface area contributed by atoms with Crippen molar-refractivity contribution in [3.8, 4) is 0 Å². The zero-order valence-electron chi connectivity index (χ0n) is 6.42. The molecule has 0 atom stereocenters. The van der Waals surface area contributed by atoms with Crippen molar-refractivity contribution in [2.75, 3.05) is 0 Å². The van der Waals surface area contributed by atoms with Gasteiger partial charge in [-0.25, -0.2) is 0 Å². The Morgan fingerprint density at radius 3 is 2.75 bits per heavy atom. The highest BCUT2D eigenvalue weighted by Gasteiger charge is 2.27. The third kappa shape index (κ3) is 1.10. The highest BCUT2D eigenvalue weighted by Crippen LogP contribution is 2.40. The maximum Gasteiger partial charge on any atom is 0.173 e. The molecule has 0 radical (unpaired) electrons. The topological polar surface area (TPSA) is 43.1 Å². The Balaban J connectivity index is 2.31. The lowest BCUT2D eigenvalue weighted by molar-refractivity contribution is 0.111. The summed E-state index contributed by atoms with van der Waals surface area (Å²) in [5, 5.41) is 3.65. The first-order chi connectivity index (χ1) is 5.83. The molecule has 1 heterocycles. The van der Waals surface area contributed by atoms with E-state index in [-0.39, 0.29) is 0 Å². The summed E-state index contributed by atoms with van der Waals surface area (Å²) >= 11 is 3.30. The van der Waals surface area contributed by atoms with Gasteiger partial charge < -0.3 is 4.52 Å². The molecule has 1 aromatic heterocycles. The van der Waals surface area contributed by atoms with E-state index in [1.807, 2.05) is 0 Å². The molecule has 0 unspecified atom stereocenters. The van der Waals surface area contributed by atoms with Crippen molar-refractivity contribution in [3.63, 3.8) is 0 Å². The number of aldehydes is 1. The van der Waals surface area contributed by atoms with Crippen molar-refractivity contribution in [3.05, 3.63) is 15.9 Å². The lowest BCUT2D eigenvalue weighted by Gasteiger charge is -2.22. The molecular weight excluding hydrogens is 222 g/mol. The van der Waals surface area contributed by atoms with Crippen molar-refractivity contribution in [1.29, 1.82) is 0 Å². The molecule has 2 rings (SSSR count). The van der Waals surface area contributed by atoms with E-state index in [1.165, 1.54) is 6.42 Å². The minimum Gasteiger partial charge on any atom is -0.359 e. The van der Waals surface area contributed by atoms with Gasteiger partial charge in [0.1, 0.15) is 0 Å². The Morgan fingerprint density at radius 2 is 2.33 bits per heavy atom. The molecule has 0 bridgehead atoms. The third-order valence-corrected chi connectivity index (χ3v) is 3.07. The van der Waals surface area contributed by atoms with Crippen LogP contribution in [0.15, 0.2) is 9.00 Å². The van der Waals surface area contributed by atoms with Crippen LogP contribution < -0.4 is 0 Å². The molecule has 12 heavy (non-hydrogen) atoms. The minimum atomic E-state index is 0.372.